The molecule has 2 heteroatoms. The molecule has 4 rings (SSSR count). The molecule has 2 heterocycles. The number of nitrogens with zero attached hydrogens (tertiary/aromatic N) is 2. The van der Waals surface area contributed by atoms with Crippen molar-refractivity contribution in [2.75, 3.05) is 13.1 Å². The maximum Gasteiger partial charge on any atom is 0.0306 e. The van der Waals surface area contributed by atoms with Gasteiger partial charge in [-0.25, -0.2) is 0 Å². The highest BCUT2D eigenvalue weighted by atomic mass is 15.2. The van der Waals surface area contributed by atoms with Gasteiger partial charge in [-0.15, -0.1) is 0 Å². The molecule has 2 aliphatic rings. The molecule has 0 bridgehead atoms. The molecule has 2 unspecified atom stereocenters. The van der Waals surface area contributed by atoms with Gasteiger partial charge in [0.2, 0.25) is 0 Å². The Hall–Kier alpha value is -1.67. The summed E-state index contributed by atoms with van der Waals surface area (Å²) in [5.74, 6) is 0.848. The minimum absolute atomic E-state index is 0.420. The first-order chi connectivity index (χ1) is 9.37. The molecule has 2 fully saturated rings. The number of hydrogen-bond donors (Lipinski definition) is 0. The predicted molar refractivity (Wildman–Crippen MR) is 75.7 cm³/mol. The van der Waals surface area contributed by atoms with Crippen molar-refractivity contribution in [3.63, 3.8) is 0 Å². The van der Waals surface area contributed by atoms with Crippen LogP contribution in [-0.2, 0) is 12.0 Å². The number of rotatable bonds is 3. The average molecular weight is 250 g/mol. The summed E-state index contributed by atoms with van der Waals surface area (Å²) in [4.78, 5) is 6.89. The first kappa shape index (κ1) is 11.2. The van der Waals surface area contributed by atoms with Gasteiger partial charge in [0.1, 0.15) is 0 Å². The highest BCUT2D eigenvalue weighted by molar-refractivity contribution is 5.35. The Morgan fingerprint density at radius 3 is 2.84 bits per heavy atom. The van der Waals surface area contributed by atoms with E-state index in [9.17, 15) is 0 Å². The standard InChI is InChI=1S/C17H18N2/c1-2-5-14(6-3-1)11-19-12-16-9-17(16,13-19)15-7-4-8-18-10-15/h1-8,10,16H,9,11-13H2. The molecule has 1 aromatic heterocycles. The number of pyridine rings is 1. The predicted octanol–water partition coefficient (Wildman–Crippen LogP) is 2.86. The Morgan fingerprint density at radius 2 is 2.05 bits per heavy atom. The fourth-order valence-corrected chi connectivity index (χ4v) is 3.65. The molecule has 0 spiro atoms. The first-order valence-electron chi connectivity index (χ1n) is 7.04. The van der Waals surface area contributed by atoms with Gasteiger partial charge in [0, 0.05) is 37.4 Å². The maximum atomic E-state index is 4.29. The molecular formula is C17H18N2. The van der Waals surface area contributed by atoms with Crippen LogP contribution in [0.1, 0.15) is 17.5 Å². The van der Waals surface area contributed by atoms with E-state index in [1.54, 1.807) is 0 Å². The highest BCUT2D eigenvalue weighted by Crippen LogP contribution is 2.58. The van der Waals surface area contributed by atoms with Crippen molar-refractivity contribution in [1.82, 2.24) is 9.88 Å². The molecule has 1 aliphatic heterocycles. The third kappa shape index (κ3) is 1.87. The summed E-state index contributed by atoms with van der Waals surface area (Å²) in [7, 11) is 0. The van der Waals surface area contributed by atoms with E-state index in [0.717, 1.165) is 12.5 Å². The molecule has 0 N–H and O–H groups in total. The van der Waals surface area contributed by atoms with Crippen molar-refractivity contribution in [3.05, 3.63) is 66.0 Å². The Bertz CT molecular complexity index is 566. The fraction of sp³-hybridized carbons (Fsp3) is 0.353. The van der Waals surface area contributed by atoms with Gasteiger partial charge in [0.15, 0.2) is 0 Å². The number of aromatic nitrogens is 1. The van der Waals surface area contributed by atoms with Crippen molar-refractivity contribution in [2.24, 2.45) is 5.92 Å². The number of benzene rings is 1. The highest BCUT2D eigenvalue weighted by Gasteiger charge is 2.60. The molecule has 2 nitrogen and oxygen atoms in total. The van der Waals surface area contributed by atoms with Crippen LogP contribution in [0.2, 0.25) is 0 Å². The summed E-state index contributed by atoms with van der Waals surface area (Å²) >= 11 is 0. The van der Waals surface area contributed by atoms with E-state index in [-0.39, 0.29) is 0 Å². The summed E-state index contributed by atoms with van der Waals surface area (Å²) in [6.07, 6.45) is 5.28. The van der Waals surface area contributed by atoms with E-state index in [0.29, 0.717) is 5.41 Å². The smallest absolute Gasteiger partial charge is 0.0306 e. The first-order valence-corrected chi connectivity index (χ1v) is 7.04. The zero-order valence-electron chi connectivity index (χ0n) is 11.0. The SMILES string of the molecule is c1ccc(CN2CC3CC3(c3cccnc3)C2)cc1. The minimum atomic E-state index is 0.420. The van der Waals surface area contributed by atoms with Crippen molar-refractivity contribution in [1.29, 1.82) is 0 Å². The van der Waals surface area contributed by atoms with E-state index in [2.05, 4.69) is 58.5 Å². The number of likely N-dealkylation sites (tertiary alicyclic amines) is 1. The van der Waals surface area contributed by atoms with Gasteiger partial charge in [-0.1, -0.05) is 36.4 Å². The molecule has 96 valence electrons. The van der Waals surface area contributed by atoms with Crippen LogP contribution in [0.3, 0.4) is 0 Å². The molecule has 1 saturated carbocycles. The van der Waals surface area contributed by atoms with Crippen molar-refractivity contribution >= 4 is 0 Å². The quantitative estimate of drug-likeness (QED) is 0.832. The van der Waals surface area contributed by atoms with Crippen LogP contribution in [0.15, 0.2) is 54.9 Å². The van der Waals surface area contributed by atoms with Gasteiger partial charge < -0.3 is 0 Å². The van der Waals surface area contributed by atoms with Crippen molar-refractivity contribution in [3.8, 4) is 0 Å². The second kappa shape index (κ2) is 4.17. The Morgan fingerprint density at radius 1 is 1.16 bits per heavy atom. The summed E-state index contributed by atoms with van der Waals surface area (Å²) in [6.45, 7) is 3.52. The maximum absolute atomic E-state index is 4.29. The average Bonchev–Trinajstić information content (AvgIpc) is 3.04. The van der Waals surface area contributed by atoms with Gasteiger partial charge >= 0.3 is 0 Å². The van der Waals surface area contributed by atoms with E-state index in [4.69, 9.17) is 0 Å². The lowest BCUT2D eigenvalue weighted by Crippen LogP contribution is -2.26. The third-order valence-electron chi connectivity index (χ3n) is 4.70. The number of fused-ring (bicyclic) bond motifs is 1. The topological polar surface area (TPSA) is 16.1 Å². The van der Waals surface area contributed by atoms with Gasteiger partial charge in [0.05, 0.1) is 0 Å². The van der Waals surface area contributed by atoms with E-state index in [1.807, 2.05) is 6.20 Å². The molecule has 0 amide bonds. The second-order valence-electron chi connectivity index (χ2n) is 5.95. The zero-order valence-corrected chi connectivity index (χ0v) is 11.0. The minimum Gasteiger partial charge on any atom is -0.298 e. The second-order valence-corrected chi connectivity index (χ2v) is 5.95. The molecule has 2 atom stereocenters. The molecule has 2 aromatic rings. The normalized spacial score (nSPS) is 29.2. The lowest BCUT2D eigenvalue weighted by Gasteiger charge is -2.20. The molecular weight excluding hydrogens is 232 g/mol. The Kier molecular flexibility index (Phi) is 2.46. The molecule has 1 saturated heterocycles. The lowest BCUT2D eigenvalue weighted by atomic mass is 9.97. The van der Waals surface area contributed by atoms with E-state index >= 15 is 0 Å². The Labute approximate surface area is 114 Å². The van der Waals surface area contributed by atoms with E-state index < -0.39 is 0 Å². The van der Waals surface area contributed by atoms with Crippen LogP contribution < -0.4 is 0 Å². The summed E-state index contributed by atoms with van der Waals surface area (Å²) in [5, 5.41) is 0. The van der Waals surface area contributed by atoms with Crippen molar-refractivity contribution in [2.45, 2.75) is 18.4 Å². The molecule has 0 radical (unpaired) electrons. The van der Waals surface area contributed by atoms with Gasteiger partial charge in [-0.05, 0) is 29.5 Å². The van der Waals surface area contributed by atoms with Gasteiger partial charge in [-0.2, -0.15) is 0 Å². The monoisotopic (exact) mass is 250 g/mol. The van der Waals surface area contributed by atoms with Crippen LogP contribution in [0.5, 0.6) is 0 Å². The van der Waals surface area contributed by atoms with Gasteiger partial charge in [-0.3, -0.25) is 9.88 Å². The van der Waals surface area contributed by atoms with Crippen LogP contribution in [-0.4, -0.2) is 23.0 Å². The third-order valence-corrected chi connectivity index (χ3v) is 4.70. The number of piperidine rings is 1. The Balaban J connectivity index is 1.50. The zero-order chi connectivity index (χ0) is 12.7. The molecule has 1 aromatic carbocycles. The van der Waals surface area contributed by atoms with E-state index in [1.165, 1.54) is 30.6 Å². The summed E-state index contributed by atoms with van der Waals surface area (Å²) in [6, 6.07) is 15.1. The van der Waals surface area contributed by atoms with Crippen LogP contribution in [0.25, 0.3) is 0 Å². The van der Waals surface area contributed by atoms with Crippen LogP contribution in [0.4, 0.5) is 0 Å². The van der Waals surface area contributed by atoms with Crippen LogP contribution >= 0.6 is 0 Å². The number of hydrogen-bond acceptors (Lipinski definition) is 2. The van der Waals surface area contributed by atoms with Crippen LogP contribution in [0, 0.1) is 5.92 Å². The largest absolute Gasteiger partial charge is 0.298 e. The molecule has 1 aliphatic carbocycles. The van der Waals surface area contributed by atoms with Crippen molar-refractivity contribution < 1.29 is 0 Å². The molecule has 19 heavy (non-hydrogen) atoms. The summed E-state index contributed by atoms with van der Waals surface area (Å²) < 4.78 is 0. The van der Waals surface area contributed by atoms with Gasteiger partial charge in [0.25, 0.3) is 0 Å². The lowest BCUT2D eigenvalue weighted by molar-refractivity contribution is 0.290. The fourth-order valence-electron chi connectivity index (χ4n) is 3.65. The summed E-state index contributed by atoms with van der Waals surface area (Å²) in [5.41, 5.74) is 3.28.